The van der Waals surface area contributed by atoms with E-state index in [0.717, 1.165) is 18.5 Å². The van der Waals surface area contributed by atoms with Crippen molar-refractivity contribution < 1.29 is 14.6 Å². The third-order valence-electron chi connectivity index (χ3n) is 4.69. The van der Waals surface area contributed by atoms with Gasteiger partial charge in [-0.15, -0.1) is 12.4 Å². The van der Waals surface area contributed by atoms with Crippen LogP contribution in [0.4, 0.5) is 0 Å². The second-order valence-corrected chi connectivity index (χ2v) is 5.89. The number of ketones is 1. The highest BCUT2D eigenvalue weighted by molar-refractivity contribution is 5.90. The zero-order chi connectivity index (χ0) is 16.0. The van der Waals surface area contributed by atoms with E-state index < -0.39 is 11.6 Å². The van der Waals surface area contributed by atoms with Gasteiger partial charge in [-0.25, -0.2) is 0 Å². The summed E-state index contributed by atoms with van der Waals surface area (Å²) in [4.78, 5) is 14.7. The summed E-state index contributed by atoms with van der Waals surface area (Å²) in [5, 5.41) is 10.5. The molecule has 1 aromatic carbocycles. The van der Waals surface area contributed by atoms with Gasteiger partial charge < -0.3 is 9.84 Å². The molecule has 0 spiro atoms. The molecule has 2 atom stereocenters. The largest absolute Gasteiger partial charge is 0.380 e. The fourth-order valence-electron chi connectivity index (χ4n) is 3.39. The number of carbonyl (C=O) groups is 1. The van der Waals surface area contributed by atoms with Gasteiger partial charge in [0.05, 0.1) is 12.0 Å². The molecule has 5 heteroatoms. The van der Waals surface area contributed by atoms with Crippen LogP contribution in [0.2, 0.25) is 0 Å². The number of carbonyl (C=O) groups excluding carboxylic acids is 1. The molecular formula is C18H28ClNO3. The molecule has 0 radical (unpaired) electrons. The summed E-state index contributed by atoms with van der Waals surface area (Å²) in [6.45, 7) is 6.60. The quantitative estimate of drug-likeness (QED) is 0.775. The number of halogens is 1. The van der Waals surface area contributed by atoms with Crippen molar-refractivity contribution in [2.75, 3.05) is 26.3 Å². The fourth-order valence-corrected chi connectivity index (χ4v) is 3.39. The highest BCUT2D eigenvalue weighted by Gasteiger charge is 2.44. The summed E-state index contributed by atoms with van der Waals surface area (Å²) >= 11 is 0. The molecule has 0 aliphatic carbocycles. The number of rotatable bonds is 7. The molecule has 2 rings (SSSR count). The molecule has 2 unspecified atom stereocenters. The van der Waals surface area contributed by atoms with Gasteiger partial charge in [0, 0.05) is 32.5 Å². The molecule has 1 aromatic rings. The average Bonchev–Trinajstić information content (AvgIpc) is 2.56. The first-order chi connectivity index (χ1) is 10.6. The second-order valence-electron chi connectivity index (χ2n) is 5.89. The van der Waals surface area contributed by atoms with Crippen molar-refractivity contribution in [3.05, 3.63) is 35.9 Å². The van der Waals surface area contributed by atoms with Crippen molar-refractivity contribution >= 4 is 18.2 Å². The van der Waals surface area contributed by atoms with E-state index in [-0.39, 0.29) is 18.2 Å². The molecule has 0 saturated carbocycles. The number of benzene rings is 1. The number of hydrogen-bond acceptors (Lipinski definition) is 4. The van der Waals surface area contributed by atoms with Crippen molar-refractivity contribution in [2.24, 2.45) is 0 Å². The monoisotopic (exact) mass is 341 g/mol. The van der Waals surface area contributed by atoms with Crippen LogP contribution in [0.5, 0.6) is 0 Å². The normalized spacial score (nSPS) is 24.9. The van der Waals surface area contributed by atoms with Crippen molar-refractivity contribution in [3.8, 4) is 0 Å². The lowest BCUT2D eigenvalue weighted by atomic mass is 9.68. The summed E-state index contributed by atoms with van der Waals surface area (Å²) < 4.78 is 5.37. The molecule has 0 aromatic heterocycles. The number of likely N-dealkylation sites (tertiary alicyclic amines) is 1. The Hall–Kier alpha value is -0.940. The minimum atomic E-state index is -0.593. The van der Waals surface area contributed by atoms with E-state index in [1.807, 2.05) is 49.1 Å². The van der Waals surface area contributed by atoms with E-state index in [1.54, 1.807) is 0 Å². The van der Waals surface area contributed by atoms with Gasteiger partial charge in [0.25, 0.3) is 0 Å². The molecule has 4 nitrogen and oxygen atoms in total. The van der Waals surface area contributed by atoms with Gasteiger partial charge >= 0.3 is 0 Å². The smallest absolute Gasteiger partial charge is 0.143 e. The molecule has 23 heavy (non-hydrogen) atoms. The van der Waals surface area contributed by atoms with Crippen molar-refractivity contribution in [3.63, 3.8) is 0 Å². The van der Waals surface area contributed by atoms with Gasteiger partial charge in [0.2, 0.25) is 0 Å². The van der Waals surface area contributed by atoms with Gasteiger partial charge in [0.15, 0.2) is 0 Å². The number of ether oxygens (including phenoxy) is 1. The van der Waals surface area contributed by atoms with E-state index >= 15 is 0 Å². The third-order valence-corrected chi connectivity index (χ3v) is 4.69. The minimum Gasteiger partial charge on any atom is -0.380 e. The SMILES string of the molecule is CCOCCN1CCC(C(=O)CC)(c2ccccc2)CC1O.Cl. The highest BCUT2D eigenvalue weighted by Crippen LogP contribution is 2.39. The fraction of sp³-hybridized carbons (Fsp3) is 0.611. The van der Waals surface area contributed by atoms with Gasteiger partial charge in [0.1, 0.15) is 12.0 Å². The zero-order valence-electron chi connectivity index (χ0n) is 14.0. The number of aliphatic hydroxyl groups is 1. The van der Waals surface area contributed by atoms with E-state index in [9.17, 15) is 9.90 Å². The standard InChI is InChI=1S/C18H27NO3.ClH/c1-3-16(20)18(15-8-6-5-7-9-15)10-11-19(17(21)14-18)12-13-22-4-2;/h5-9,17,21H,3-4,10-14H2,1-2H3;1H. The van der Waals surface area contributed by atoms with E-state index in [2.05, 4.69) is 0 Å². The molecule has 1 heterocycles. The lowest BCUT2D eigenvalue weighted by Crippen LogP contribution is -2.53. The van der Waals surface area contributed by atoms with Crippen LogP contribution in [0.1, 0.15) is 38.7 Å². The second kappa shape index (κ2) is 9.38. The maximum Gasteiger partial charge on any atom is 0.143 e. The first-order valence-electron chi connectivity index (χ1n) is 8.22. The van der Waals surface area contributed by atoms with Crippen LogP contribution >= 0.6 is 12.4 Å². The van der Waals surface area contributed by atoms with Crippen LogP contribution in [0.3, 0.4) is 0 Å². The minimum absolute atomic E-state index is 0. The third kappa shape index (κ3) is 4.54. The summed E-state index contributed by atoms with van der Waals surface area (Å²) in [5.41, 5.74) is 0.489. The molecule has 1 saturated heterocycles. The molecule has 130 valence electrons. The Morgan fingerprint density at radius 2 is 2.04 bits per heavy atom. The lowest BCUT2D eigenvalue weighted by molar-refractivity contribution is -0.132. The molecular weight excluding hydrogens is 314 g/mol. The topological polar surface area (TPSA) is 49.8 Å². The van der Waals surface area contributed by atoms with Crippen LogP contribution < -0.4 is 0 Å². The maximum atomic E-state index is 12.6. The number of aliphatic hydroxyl groups excluding tert-OH is 1. The number of Topliss-reactive ketones (excluding diaryl/α,β-unsaturated/α-hetero) is 1. The summed E-state index contributed by atoms with van der Waals surface area (Å²) in [5.74, 6) is 0.224. The van der Waals surface area contributed by atoms with Gasteiger partial charge in [-0.2, -0.15) is 0 Å². The van der Waals surface area contributed by atoms with Crippen LogP contribution in [0.15, 0.2) is 30.3 Å². The molecule has 1 N–H and O–H groups in total. The van der Waals surface area contributed by atoms with Crippen molar-refractivity contribution in [1.82, 2.24) is 4.90 Å². The Labute approximate surface area is 145 Å². The van der Waals surface area contributed by atoms with Crippen LogP contribution in [0, 0.1) is 0 Å². The predicted molar refractivity (Wildman–Crippen MR) is 94.0 cm³/mol. The van der Waals surface area contributed by atoms with Gasteiger partial charge in [-0.1, -0.05) is 37.3 Å². The van der Waals surface area contributed by atoms with Gasteiger partial charge in [-0.05, 0) is 18.9 Å². The molecule has 1 fully saturated rings. The van der Waals surface area contributed by atoms with E-state index in [0.29, 0.717) is 32.6 Å². The predicted octanol–water partition coefficient (Wildman–Crippen LogP) is 2.78. The molecule has 0 bridgehead atoms. The number of nitrogens with zero attached hydrogens (tertiary/aromatic N) is 1. The maximum absolute atomic E-state index is 12.6. The Morgan fingerprint density at radius 1 is 1.35 bits per heavy atom. The lowest BCUT2D eigenvalue weighted by Gasteiger charge is -2.44. The Morgan fingerprint density at radius 3 is 2.61 bits per heavy atom. The Kier molecular flexibility index (Phi) is 8.20. The van der Waals surface area contributed by atoms with Crippen LogP contribution in [-0.2, 0) is 14.9 Å². The first kappa shape index (κ1) is 20.1. The van der Waals surface area contributed by atoms with Crippen LogP contribution in [0.25, 0.3) is 0 Å². The molecule has 0 amide bonds. The van der Waals surface area contributed by atoms with E-state index in [1.165, 1.54) is 0 Å². The Balaban J connectivity index is 0.00000264. The summed E-state index contributed by atoms with van der Waals surface area (Å²) in [6, 6.07) is 9.91. The Bertz CT molecular complexity index is 482. The first-order valence-corrected chi connectivity index (χ1v) is 8.22. The number of piperidine rings is 1. The molecule has 1 aliphatic heterocycles. The van der Waals surface area contributed by atoms with Gasteiger partial charge in [-0.3, -0.25) is 9.69 Å². The zero-order valence-corrected chi connectivity index (χ0v) is 14.8. The highest BCUT2D eigenvalue weighted by atomic mass is 35.5. The average molecular weight is 342 g/mol. The molecule has 1 aliphatic rings. The summed E-state index contributed by atoms with van der Waals surface area (Å²) in [6.07, 6.45) is 1.13. The van der Waals surface area contributed by atoms with Crippen LogP contribution in [-0.4, -0.2) is 48.3 Å². The van der Waals surface area contributed by atoms with E-state index in [4.69, 9.17) is 4.74 Å². The summed E-state index contributed by atoms with van der Waals surface area (Å²) in [7, 11) is 0. The van der Waals surface area contributed by atoms with Crippen molar-refractivity contribution in [2.45, 2.75) is 44.8 Å². The number of hydrogen-bond donors (Lipinski definition) is 1. The van der Waals surface area contributed by atoms with Crippen molar-refractivity contribution in [1.29, 1.82) is 0 Å².